The van der Waals surface area contributed by atoms with Gasteiger partial charge in [-0.25, -0.2) is 0 Å². The molecule has 0 saturated carbocycles. The van der Waals surface area contributed by atoms with Crippen molar-refractivity contribution >= 4 is 17.2 Å². The van der Waals surface area contributed by atoms with Crippen molar-refractivity contribution in [2.45, 2.75) is 32.9 Å². The molecule has 0 aliphatic carbocycles. The van der Waals surface area contributed by atoms with Crippen molar-refractivity contribution in [3.63, 3.8) is 0 Å². The Kier molecular flexibility index (Phi) is 5.53. The number of amides is 1. The Labute approximate surface area is 130 Å². The number of nitrogens with one attached hydrogen (secondary N) is 1. The maximum Gasteiger partial charge on any atom is 0.277 e. The van der Waals surface area contributed by atoms with Crippen LogP contribution in [0.25, 0.3) is 0 Å². The number of rotatable bonds is 6. The van der Waals surface area contributed by atoms with Crippen molar-refractivity contribution in [3.05, 3.63) is 57.8 Å². The Bertz CT molecular complexity index is 563. The summed E-state index contributed by atoms with van der Waals surface area (Å²) in [6.45, 7) is 6.66. The van der Waals surface area contributed by atoms with Crippen LogP contribution in [0.2, 0.25) is 0 Å². The van der Waals surface area contributed by atoms with E-state index >= 15 is 0 Å². The summed E-state index contributed by atoms with van der Waals surface area (Å²) in [5.41, 5.74) is 2.49. The Morgan fingerprint density at radius 3 is 2.57 bits per heavy atom. The van der Waals surface area contributed by atoms with Crippen LogP contribution in [0.5, 0.6) is 0 Å². The monoisotopic (exact) mass is 303 g/mol. The lowest BCUT2D eigenvalue weighted by molar-refractivity contribution is -0.704. The summed E-state index contributed by atoms with van der Waals surface area (Å²) in [6, 6.07) is 12.8. The maximum absolute atomic E-state index is 12.0. The number of likely N-dealkylation sites (N-methyl/N-ethyl adjacent to an activating group) is 1. The van der Waals surface area contributed by atoms with Crippen molar-refractivity contribution in [2.24, 2.45) is 0 Å². The summed E-state index contributed by atoms with van der Waals surface area (Å²) in [4.78, 5) is 13.3. The van der Waals surface area contributed by atoms with Crippen LogP contribution in [0, 0.1) is 6.92 Å². The predicted octanol–water partition coefficient (Wildman–Crippen LogP) is 2.23. The molecule has 1 aromatic heterocycles. The van der Waals surface area contributed by atoms with Gasteiger partial charge in [0, 0.05) is 12.1 Å². The van der Waals surface area contributed by atoms with Gasteiger partial charge in [-0.1, -0.05) is 35.9 Å². The van der Waals surface area contributed by atoms with Crippen molar-refractivity contribution in [1.82, 2.24) is 5.32 Å². The quantitative estimate of drug-likeness (QED) is 0.844. The van der Waals surface area contributed by atoms with E-state index in [2.05, 4.69) is 59.3 Å². The number of hydrogen-bond donors (Lipinski definition) is 2. The van der Waals surface area contributed by atoms with Gasteiger partial charge in [0.15, 0.2) is 6.04 Å². The van der Waals surface area contributed by atoms with Crippen LogP contribution in [0.15, 0.2) is 41.8 Å². The van der Waals surface area contributed by atoms with E-state index in [1.807, 2.05) is 13.8 Å². The molecule has 21 heavy (non-hydrogen) atoms. The van der Waals surface area contributed by atoms with E-state index in [9.17, 15) is 4.79 Å². The third kappa shape index (κ3) is 4.16. The van der Waals surface area contributed by atoms with E-state index in [-0.39, 0.29) is 18.0 Å². The van der Waals surface area contributed by atoms with Crippen LogP contribution in [0.3, 0.4) is 0 Å². The standard InChI is InChI=1S/C17H22N2OS/c1-4-18-17(20)13(3)19-16(15-6-5-11-21-15)14-9-7-12(2)8-10-14/h5-11,13,16,19H,4H2,1-3H3,(H,18,20)/p+1/t13-,16+/m1/s1. The molecule has 2 rings (SSSR count). The fraction of sp³-hybridized carbons (Fsp3) is 0.353. The van der Waals surface area contributed by atoms with Crippen molar-refractivity contribution in [3.8, 4) is 0 Å². The Morgan fingerprint density at radius 2 is 2.00 bits per heavy atom. The molecular weight excluding hydrogens is 280 g/mol. The molecule has 0 radical (unpaired) electrons. The van der Waals surface area contributed by atoms with Gasteiger partial charge in [-0.05, 0) is 32.2 Å². The molecule has 0 fully saturated rings. The maximum atomic E-state index is 12.0. The van der Waals surface area contributed by atoms with Gasteiger partial charge in [0.2, 0.25) is 0 Å². The summed E-state index contributed by atoms with van der Waals surface area (Å²) >= 11 is 1.73. The van der Waals surface area contributed by atoms with E-state index in [0.29, 0.717) is 6.54 Å². The third-order valence-electron chi connectivity index (χ3n) is 3.53. The molecule has 2 aromatic rings. The molecule has 3 N–H and O–H groups in total. The van der Waals surface area contributed by atoms with Crippen LogP contribution in [0.1, 0.15) is 35.9 Å². The number of thiophene rings is 1. The van der Waals surface area contributed by atoms with Gasteiger partial charge in [-0.2, -0.15) is 0 Å². The minimum Gasteiger partial charge on any atom is -0.351 e. The van der Waals surface area contributed by atoms with E-state index in [1.165, 1.54) is 16.0 Å². The molecule has 0 spiro atoms. The molecule has 3 nitrogen and oxygen atoms in total. The Hall–Kier alpha value is -1.65. The van der Waals surface area contributed by atoms with Crippen LogP contribution >= 0.6 is 11.3 Å². The first-order valence-corrected chi connectivity index (χ1v) is 8.22. The molecule has 0 unspecified atom stereocenters. The molecule has 0 aliphatic heterocycles. The minimum atomic E-state index is -0.113. The fourth-order valence-electron chi connectivity index (χ4n) is 2.32. The summed E-state index contributed by atoms with van der Waals surface area (Å²) in [6.07, 6.45) is 0. The van der Waals surface area contributed by atoms with Gasteiger partial charge in [-0.15, -0.1) is 11.3 Å². The third-order valence-corrected chi connectivity index (χ3v) is 4.49. The van der Waals surface area contributed by atoms with Crippen LogP contribution in [-0.2, 0) is 4.79 Å². The second-order valence-corrected chi connectivity index (χ2v) is 6.26. The van der Waals surface area contributed by atoms with Gasteiger partial charge >= 0.3 is 0 Å². The Balaban J connectivity index is 2.21. The normalized spacial score (nSPS) is 13.7. The molecular formula is C17H23N2OS+. The van der Waals surface area contributed by atoms with E-state index in [1.54, 1.807) is 11.3 Å². The smallest absolute Gasteiger partial charge is 0.277 e. The average molecular weight is 303 g/mol. The zero-order valence-electron chi connectivity index (χ0n) is 12.8. The predicted molar refractivity (Wildman–Crippen MR) is 87.4 cm³/mol. The zero-order chi connectivity index (χ0) is 15.2. The largest absolute Gasteiger partial charge is 0.351 e. The summed E-state index contributed by atoms with van der Waals surface area (Å²) in [7, 11) is 0. The lowest BCUT2D eigenvalue weighted by Crippen LogP contribution is -2.92. The average Bonchev–Trinajstić information content (AvgIpc) is 3.00. The highest BCUT2D eigenvalue weighted by molar-refractivity contribution is 7.10. The number of aryl methyl sites for hydroxylation is 1. The summed E-state index contributed by atoms with van der Waals surface area (Å²) in [5.74, 6) is 0.0890. The molecule has 1 amide bonds. The van der Waals surface area contributed by atoms with E-state index < -0.39 is 0 Å². The highest BCUT2D eigenvalue weighted by Crippen LogP contribution is 2.23. The van der Waals surface area contributed by atoms with Crippen LogP contribution in [-0.4, -0.2) is 18.5 Å². The van der Waals surface area contributed by atoms with Crippen molar-refractivity contribution < 1.29 is 10.1 Å². The number of nitrogens with two attached hydrogens (primary N) is 1. The first-order valence-electron chi connectivity index (χ1n) is 7.34. The number of benzene rings is 1. The second kappa shape index (κ2) is 7.38. The van der Waals surface area contributed by atoms with Gasteiger partial charge in [-0.3, -0.25) is 4.79 Å². The number of quaternary nitrogens is 1. The lowest BCUT2D eigenvalue weighted by atomic mass is 10.0. The zero-order valence-corrected chi connectivity index (χ0v) is 13.6. The SMILES string of the molecule is CCNC(=O)[C@@H](C)[NH2+][C@@H](c1ccc(C)cc1)c1cccs1. The Morgan fingerprint density at radius 1 is 1.29 bits per heavy atom. The highest BCUT2D eigenvalue weighted by atomic mass is 32.1. The highest BCUT2D eigenvalue weighted by Gasteiger charge is 2.25. The van der Waals surface area contributed by atoms with Gasteiger partial charge < -0.3 is 10.6 Å². The number of hydrogen-bond acceptors (Lipinski definition) is 2. The van der Waals surface area contributed by atoms with Crippen LogP contribution < -0.4 is 10.6 Å². The molecule has 1 heterocycles. The second-order valence-electron chi connectivity index (χ2n) is 5.28. The lowest BCUT2D eigenvalue weighted by Gasteiger charge is -2.19. The van der Waals surface area contributed by atoms with Crippen molar-refractivity contribution in [2.75, 3.05) is 6.54 Å². The molecule has 4 heteroatoms. The van der Waals surface area contributed by atoms with Crippen molar-refractivity contribution in [1.29, 1.82) is 0 Å². The molecule has 1 aromatic carbocycles. The summed E-state index contributed by atoms with van der Waals surface area (Å²) < 4.78 is 0. The minimum absolute atomic E-state index is 0.0890. The van der Waals surface area contributed by atoms with Crippen LogP contribution in [0.4, 0.5) is 0 Å². The first kappa shape index (κ1) is 15.7. The number of carbonyl (C=O) groups excluding carboxylic acids is 1. The topological polar surface area (TPSA) is 45.7 Å². The van der Waals surface area contributed by atoms with E-state index in [4.69, 9.17) is 0 Å². The molecule has 2 atom stereocenters. The van der Waals surface area contributed by atoms with Gasteiger partial charge in [0.1, 0.15) is 6.04 Å². The summed E-state index contributed by atoms with van der Waals surface area (Å²) in [5, 5.41) is 7.11. The number of carbonyl (C=O) groups is 1. The molecule has 0 bridgehead atoms. The molecule has 0 saturated heterocycles. The van der Waals surface area contributed by atoms with Gasteiger partial charge in [0.25, 0.3) is 5.91 Å². The first-order chi connectivity index (χ1) is 10.1. The van der Waals surface area contributed by atoms with E-state index in [0.717, 1.165) is 0 Å². The van der Waals surface area contributed by atoms with Gasteiger partial charge in [0.05, 0.1) is 4.88 Å². The molecule has 112 valence electrons. The molecule has 0 aliphatic rings. The fourth-order valence-corrected chi connectivity index (χ4v) is 3.16.